The monoisotopic (exact) mass is 699 g/mol. The van der Waals surface area contributed by atoms with Gasteiger partial charge in [0.2, 0.25) is 0 Å². The Labute approximate surface area is 322 Å². The zero-order chi connectivity index (χ0) is 36.6. The summed E-state index contributed by atoms with van der Waals surface area (Å²) in [4.78, 5) is 2.37. The van der Waals surface area contributed by atoms with E-state index in [0.717, 1.165) is 17.1 Å². The second-order valence-corrected chi connectivity index (χ2v) is 14.1. The number of benzene rings is 10. The highest BCUT2D eigenvalue weighted by atomic mass is 15.1. The summed E-state index contributed by atoms with van der Waals surface area (Å²) >= 11 is 0. The van der Waals surface area contributed by atoms with E-state index >= 15 is 0 Å². The molecule has 10 aromatic carbocycles. The quantitative estimate of drug-likeness (QED) is 0.150. The van der Waals surface area contributed by atoms with Crippen molar-refractivity contribution in [1.29, 1.82) is 0 Å². The highest BCUT2D eigenvalue weighted by Crippen LogP contribution is 2.41. The van der Waals surface area contributed by atoms with Crippen LogP contribution in [0.25, 0.3) is 76.8 Å². The average Bonchev–Trinajstić information content (AvgIpc) is 3.27. The summed E-state index contributed by atoms with van der Waals surface area (Å²) in [5.74, 6) is 0. The molecule has 0 aliphatic heterocycles. The van der Waals surface area contributed by atoms with Crippen molar-refractivity contribution in [3.8, 4) is 44.5 Å². The molecule has 258 valence electrons. The van der Waals surface area contributed by atoms with Crippen LogP contribution in [-0.2, 0) is 0 Å². The van der Waals surface area contributed by atoms with Crippen molar-refractivity contribution >= 4 is 49.4 Å². The molecule has 0 saturated carbocycles. The molecule has 0 spiro atoms. The van der Waals surface area contributed by atoms with Gasteiger partial charge in [-0.05, 0) is 113 Å². The molecule has 1 nitrogen and oxygen atoms in total. The Morgan fingerprint density at radius 2 is 0.636 bits per heavy atom. The van der Waals surface area contributed by atoms with Crippen LogP contribution in [0.2, 0.25) is 0 Å². The Morgan fingerprint density at radius 1 is 0.218 bits per heavy atom. The summed E-state index contributed by atoms with van der Waals surface area (Å²) in [6.45, 7) is 0. The molecule has 0 heterocycles. The minimum absolute atomic E-state index is 1.10. The second kappa shape index (κ2) is 14.0. The summed E-state index contributed by atoms with van der Waals surface area (Å²) in [6.07, 6.45) is 0. The highest BCUT2D eigenvalue weighted by molar-refractivity contribution is 6.15. The van der Waals surface area contributed by atoms with E-state index in [2.05, 4.69) is 229 Å². The van der Waals surface area contributed by atoms with Crippen LogP contribution in [-0.4, -0.2) is 0 Å². The lowest BCUT2D eigenvalue weighted by Crippen LogP contribution is -2.10. The fraction of sp³-hybridized carbons (Fsp3) is 0. The van der Waals surface area contributed by atoms with Crippen LogP contribution >= 0.6 is 0 Å². The second-order valence-electron chi connectivity index (χ2n) is 14.1. The Balaban J connectivity index is 1.09. The summed E-state index contributed by atoms with van der Waals surface area (Å²) in [6, 6.07) is 81.4. The van der Waals surface area contributed by atoms with Crippen molar-refractivity contribution < 1.29 is 0 Å². The molecule has 0 N–H and O–H groups in total. The van der Waals surface area contributed by atoms with Crippen LogP contribution in [0.3, 0.4) is 0 Å². The molecule has 0 aliphatic carbocycles. The molecule has 0 aromatic heterocycles. The molecular formula is C54H37N. The SMILES string of the molecule is c1ccc(-c2ccc(N(c3ccc(-c4cccc5ccccc45)cc3)c3cccc(-c4cccc5c4ccc4c(-c6ccccc6)cccc45)c3)cc2)cc1. The third-order valence-electron chi connectivity index (χ3n) is 10.9. The third kappa shape index (κ3) is 6.02. The van der Waals surface area contributed by atoms with Crippen molar-refractivity contribution in [2.24, 2.45) is 0 Å². The Bertz CT molecular complexity index is 2940. The summed E-state index contributed by atoms with van der Waals surface area (Å²) < 4.78 is 0. The van der Waals surface area contributed by atoms with Crippen LogP contribution in [0.5, 0.6) is 0 Å². The first-order valence-electron chi connectivity index (χ1n) is 18.9. The molecule has 0 bridgehead atoms. The van der Waals surface area contributed by atoms with Gasteiger partial charge in [0.1, 0.15) is 0 Å². The van der Waals surface area contributed by atoms with Gasteiger partial charge < -0.3 is 4.90 Å². The molecule has 10 aromatic rings. The summed E-state index contributed by atoms with van der Waals surface area (Å²) in [7, 11) is 0. The Hall–Kier alpha value is -7.22. The lowest BCUT2D eigenvalue weighted by atomic mass is 9.91. The molecule has 0 atom stereocenters. The first kappa shape index (κ1) is 32.4. The lowest BCUT2D eigenvalue weighted by Gasteiger charge is -2.26. The number of rotatable bonds is 7. The normalized spacial score (nSPS) is 11.3. The minimum Gasteiger partial charge on any atom is -0.310 e. The number of hydrogen-bond acceptors (Lipinski definition) is 1. The molecule has 0 aliphatic rings. The third-order valence-corrected chi connectivity index (χ3v) is 10.9. The smallest absolute Gasteiger partial charge is 0.0467 e. The van der Waals surface area contributed by atoms with E-state index in [1.165, 1.54) is 76.8 Å². The van der Waals surface area contributed by atoms with E-state index < -0.39 is 0 Å². The molecule has 10 rings (SSSR count). The van der Waals surface area contributed by atoms with Gasteiger partial charge in [0.25, 0.3) is 0 Å². The minimum atomic E-state index is 1.10. The molecular weight excluding hydrogens is 663 g/mol. The molecule has 1 heteroatoms. The molecule has 0 saturated heterocycles. The van der Waals surface area contributed by atoms with Gasteiger partial charge in [0, 0.05) is 17.1 Å². The predicted molar refractivity (Wildman–Crippen MR) is 235 cm³/mol. The maximum absolute atomic E-state index is 2.37. The Morgan fingerprint density at radius 3 is 1.29 bits per heavy atom. The average molecular weight is 700 g/mol. The maximum Gasteiger partial charge on any atom is 0.0467 e. The van der Waals surface area contributed by atoms with Gasteiger partial charge in [-0.2, -0.15) is 0 Å². The van der Waals surface area contributed by atoms with Gasteiger partial charge >= 0.3 is 0 Å². The molecule has 0 radical (unpaired) electrons. The van der Waals surface area contributed by atoms with Crippen molar-refractivity contribution in [2.75, 3.05) is 4.90 Å². The van der Waals surface area contributed by atoms with Crippen molar-refractivity contribution in [2.45, 2.75) is 0 Å². The first-order valence-corrected chi connectivity index (χ1v) is 18.9. The molecule has 0 fully saturated rings. The van der Waals surface area contributed by atoms with E-state index in [1.807, 2.05) is 0 Å². The standard InChI is InChI=1S/C54H37N/c1-3-13-38(14-4-1)39-27-31-44(32-28-39)55(45-33-29-42(30-34-45)48-22-10-18-41-17-7-8-21-47(41)48)46-20-9-19-43(37-46)50-24-12-26-52-51-25-11-23-49(40-15-5-2-6-16-40)53(51)35-36-54(50)52/h1-37H. The number of anilines is 3. The van der Waals surface area contributed by atoms with E-state index in [0.29, 0.717) is 0 Å². The molecule has 0 amide bonds. The summed E-state index contributed by atoms with van der Waals surface area (Å²) in [5, 5.41) is 7.55. The van der Waals surface area contributed by atoms with Gasteiger partial charge in [0.05, 0.1) is 0 Å². The van der Waals surface area contributed by atoms with Gasteiger partial charge in [-0.15, -0.1) is 0 Å². The van der Waals surface area contributed by atoms with E-state index in [1.54, 1.807) is 0 Å². The molecule has 55 heavy (non-hydrogen) atoms. The van der Waals surface area contributed by atoms with Gasteiger partial charge in [-0.1, -0.05) is 188 Å². The van der Waals surface area contributed by atoms with E-state index in [9.17, 15) is 0 Å². The van der Waals surface area contributed by atoms with Gasteiger partial charge in [0.15, 0.2) is 0 Å². The van der Waals surface area contributed by atoms with Crippen LogP contribution in [0.4, 0.5) is 17.1 Å². The van der Waals surface area contributed by atoms with Crippen LogP contribution < -0.4 is 4.90 Å². The van der Waals surface area contributed by atoms with Crippen molar-refractivity contribution in [1.82, 2.24) is 0 Å². The number of hydrogen-bond donors (Lipinski definition) is 0. The summed E-state index contributed by atoms with van der Waals surface area (Å²) in [5.41, 5.74) is 13.1. The first-order chi connectivity index (χ1) is 27.3. The maximum atomic E-state index is 2.37. The lowest BCUT2D eigenvalue weighted by molar-refractivity contribution is 1.28. The molecule has 0 unspecified atom stereocenters. The number of nitrogens with zero attached hydrogens (tertiary/aromatic N) is 1. The van der Waals surface area contributed by atoms with Crippen molar-refractivity contribution in [3.63, 3.8) is 0 Å². The van der Waals surface area contributed by atoms with Crippen molar-refractivity contribution in [3.05, 3.63) is 224 Å². The van der Waals surface area contributed by atoms with E-state index in [4.69, 9.17) is 0 Å². The topological polar surface area (TPSA) is 3.24 Å². The zero-order valence-electron chi connectivity index (χ0n) is 30.3. The van der Waals surface area contributed by atoms with Crippen LogP contribution in [0.1, 0.15) is 0 Å². The fourth-order valence-corrected chi connectivity index (χ4v) is 8.21. The van der Waals surface area contributed by atoms with Crippen LogP contribution in [0.15, 0.2) is 224 Å². The highest BCUT2D eigenvalue weighted by Gasteiger charge is 2.16. The largest absolute Gasteiger partial charge is 0.310 e. The van der Waals surface area contributed by atoms with E-state index in [-0.39, 0.29) is 0 Å². The fourth-order valence-electron chi connectivity index (χ4n) is 8.21. The predicted octanol–water partition coefficient (Wildman–Crippen LogP) is 15.3. The van der Waals surface area contributed by atoms with Gasteiger partial charge in [-0.3, -0.25) is 0 Å². The zero-order valence-corrected chi connectivity index (χ0v) is 30.3. The van der Waals surface area contributed by atoms with Crippen LogP contribution in [0, 0.1) is 0 Å². The Kier molecular flexibility index (Phi) is 8.24. The number of fused-ring (bicyclic) bond motifs is 4. The van der Waals surface area contributed by atoms with Gasteiger partial charge in [-0.25, -0.2) is 0 Å².